The number of non-ortho nitro benzene ring substituents is 1. The van der Waals surface area contributed by atoms with E-state index in [0.717, 1.165) is 5.56 Å². The molecule has 0 aromatic heterocycles. The summed E-state index contributed by atoms with van der Waals surface area (Å²) >= 11 is 3.23. The fraction of sp³-hybridized carbons (Fsp3) is 0.278. The van der Waals surface area contributed by atoms with E-state index >= 15 is 0 Å². The summed E-state index contributed by atoms with van der Waals surface area (Å²) in [6, 6.07) is 10.3. The maximum atomic E-state index is 13.1. The molecule has 1 atom stereocenters. The van der Waals surface area contributed by atoms with E-state index in [1.807, 2.05) is 4.90 Å². The molecule has 1 unspecified atom stereocenters. The predicted molar refractivity (Wildman–Crippen MR) is 101 cm³/mol. The van der Waals surface area contributed by atoms with Gasteiger partial charge in [0.05, 0.1) is 29.9 Å². The quantitative estimate of drug-likeness (QED) is 0.571. The highest BCUT2D eigenvalue weighted by Crippen LogP contribution is 2.27. The fourth-order valence-corrected chi connectivity index (χ4v) is 3.30. The van der Waals surface area contributed by atoms with Crippen molar-refractivity contribution in [2.24, 2.45) is 0 Å². The van der Waals surface area contributed by atoms with Crippen LogP contribution in [0, 0.1) is 15.9 Å². The Hall–Kier alpha value is -2.36. The van der Waals surface area contributed by atoms with Gasteiger partial charge in [0.1, 0.15) is 5.82 Å². The molecule has 1 heterocycles. The first-order valence-corrected chi connectivity index (χ1v) is 9.05. The summed E-state index contributed by atoms with van der Waals surface area (Å²) in [4.78, 5) is 24.6. The first kappa shape index (κ1) is 19.4. The predicted octanol–water partition coefficient (Wildman–Crippen LogP) is 3.51. The zero-order chi connectivity index (χ0) is 19.4. The second-order valence-corrected chi connectivity index (χ2v) is 6.97. The van der Waals surface area contributed by atoms with Crippen LogP contribution in [-0.4, -0.2) is 42.0 Å². The summed E-state index contributed by atoms with van der Waals surface area (Å²) < 4.78 is 19.2. The lowest BCUT2D eigenvalue weighted by Gasteiger charge is -2.32. The Bertz CT molecular complexity index is 847. The number of nitro groups is 1. The Morgan fingerprint density at radius 2 is 2.07 bits per heavy atom. The molecular formula is C18H17BrFN3O4. The Kier molecular flexibility index (Phi) is 6.15. The summed E-state index contributed by atoms with van der Waals surface area (Å²) in [6.45, 7) is 1.74. The van der Waals surface area contributed by atoms with E-state index in [2.05, 4.69) is 21.2 Å². The third kappa shape index (κ3) is 5.09. The number of nitrogens with one attached hydrogen (secondary N) is 1. The molecule has 0 saturated carbocycles. The SMILES string of the molecule is O=C(CN1CCOC(c2ccc(F)cc2)C1)Nc1ccc([N+](=O)[O-])cc1Br. The van der Waals surface area contributed by atoms with Gasteiger partial charge in [0.2, 0.25) is 5.91 Å². The second kappa shape index (κ2) is 8.55. The van der Waals surface area contributed by atoms with Crippen molar-refractivity contribution < 1.29 is 18.8 Å². The van der Waals surface area contributed by atoms with E-state index in [9.17, 15) is 19.3 Å². The van der Waals surface area contributed by atoms with Crippen LogP contribution >= 0.6 is 15.9 Å². The molecule has 1 fully saturated rings. The van der Waals surface area contributed by atoms with E-state index in [0.29, 0.717) is 29.9 Å². The maximum absolute atomic E-state index is 13.1. The van der Waals surface area contributed by atoms with E-state index < -0.39 is 4.92 Å². The van der Waals surface area contributed by atoms with Crippen LogP contribution in [0.3, 0.4) is 0 Å². The fourth-order valence-electron chi connectivity index (χ4n) is 2.84. The number of carbonyl (C=O) groups excluding carboxylic acids is 1. The molecule has 1 N–H and O–H groups in total. The number of morpholine rings is 1. The molecule has 0 spiro atoms. The normalized spacial score (nSPS) is 17.5. The van der Waals surface area contributed by atoms with Crippen molar-refractivity contribution >= 4 is 33.2 Å². The van der Waals surface area contributed by atoms with Gasteiger partial charge in [-0.25, -0.2) is 4.39 Å². The van der Waals surface area contributed by atoms with Gasteiger partial charge < -0.3 is 10.1 Å². The molecule has 7 nitrogen and oxygen atoms in total. The van der Waals surface area contributed by atoms with Crippen LogP contribution in [0.25, 0.3) is 0 Å². The number of amides is 1. The standard InChI is InChI=1S/C18H17BrFN3O4/c19-15-9-14(23(25)26)5-6-16(15)21-18(24)11-22-7-8-27-17(10-22)12-1-3-13(20)4-2-12/h1-6,9,17H,7-8,10-11H2,(H,21,24). The maximum Gasteiger partial charge on any atom is 0.270 e. The van der Waals surface area contributed by atoms with Crippen molar-refractivity contribution in [2.75, 3.05) is 31.6 Å². The molecule has 142 valence electrons. The molecule has 0 radical (unpaired) electrons. The van der Waals surface area contributed by atoms with Crippen LogP contribution in [0.15, 0.2) is 46.9 Å². The summed E-state index contributed by atoms with van der Waals surface area (Å²) in [7, 11) is 0. The van der Waals surface area contributed by atoms with Crippen molar-refractivity contribution in [1.82, 2.24) is 4.90 Å². The number of anilines is 1. The molecule has 1 aliphatic rings. The van der Waals surface area contributed by atoms with E-state index in [1.54, 1.807) is 12.1 Å². The highest BCUT2D eigenvalue weighted by Gasteiger charge is 2.24. The number of nitro benzene ring substituents is 1. The number of nitrogens with zero attached hydrogens (tertiary/aromatic N) is 2. The molecule has 1 amide bonds. The van der Waals surface area contributed by atoms with Gasteiger partial charge in [-0.05, 0) is 39.7 Å². The third-order valence-electron chi connectivity index (χ3n) is 4.20. The van der Waals surface area contributed by atoms with Crippen molar-refractivity contribution in [2.45, 2.75) is 6.10 Å². The summed E-state index contributed by atoms with van der Waals surface area (Å²) in [5, 5.41) is 13.5. The highest BCUT2D eigenvalue weighted by atomic mass is 79.9. The van der Waals surface area contributed by atoms with Crippen molar-refractivity contribution in [3.8, 4) is 0 Å². The summed E-state index contributed by atoms with van der Waals surface area (Å²) in [5.41, 5.74) is 1.27. The summed E-state index contributed by atoms with van der Waals surface area (Å²) in [5.74, 6) is -0.538. The number of halogens is 2. The zero-order valence-electron chi connectivity index (χ0n) is 14.2. The number of carbonyl (C=O) groups is 1. The van der Waals surface area contributed by atoms with Gasteiger partial charge in [-0.2, -0.15) is 0 Å². The van der Waals surface area contributed by atoms with E-state index in [4.69, 9.17) is 4.74 Å². The Labute approximate surface area is 163 Å². The van der Waals surface area contributed by atoms with Crippen molar-refractivity contribution in [1.29, 1.82) is 0 Å². The second-order valence-electron chi connectivity index (χ2n) is 6.12. The molecule has 27 heavy (non-hydrogen) atoms. The van der Waals surface area contributed by atoms with Gasteiger partial charge >= 0.3 is 0 Å². The Morgan fingerprint density at radius 1 is 1.33 bits per heavy atom. The van der Waals surface area contributed by atoms with Crippen LogP contribution in [0.1, 0.15) is 11.7 Å². The molecule has 0 aliphatic carbocycles. The minimum absolute atomic E-state index is 0.0600. The lowest BCUT2D eigenvalue weighted by Crippen LogP contribution is -2.42. The minimum atomic E-state index is -0.500. The molecular weight excluding hydrogens is 421 g/mol. The van der Waals surface area contributed by atoms with Crippen molar-refractivity contribution in [3.05, 3.63) is 68.4 Å². The topological polar surface area (TPSA) is 84.7 Å². The van der Waals surface area contributed by atoms with Gasteiger partial charge in [0, 0.05) is 29.7 Å². The third-order valence-corrected chi connectivity index (χ3v) is 4.85. The molecule has 0 bridgehead atoms. The smallest absolute Gasteiger partial charge is 0.270 e. The molecule has 9 heteroatoms. The van der Waals surface area contributed by atoms with Crippen LogP contribution in [0.5, 0.6) is 0 Å². The molecule has 2 aromatic rings. The van der Waals surface area contributed by atoms with E-state index in [-0.39, 0.29) is 30.1 Å². The average Bonchev–Trinajstić information content (AvgIpc) is 2.64. The largest absolute Gasteiger partial charge is 0.371 e. The first-order chi connectivity index (χ1) is 12.9. The Balaban J connectivity index is 1.59. The van der Waals surface area contributed by atoms with Crippen LogP contribution in [0.4, 0.5) is 15.8 Å². The number of benzene rings is 2. The minimum Gasteiger partial charge on any atom is -0.371 e. The van der Waals surface area contributed by atoms with Gasteiger partial charge in [-0.15, -0.1) is 0 Å². The number of hydrogen-bond acceptors (Lipinski definition) is 5. The molecule has 1 saturated heterocycles. The van der Waals surface area contributed by atoms with Crippen LogP contribution in [0.2, 0.25) is 0 Å². The number of ether oxygens (including phenoxy) is 1. The number of rotatable bonds is 5. The zero-order valence-corrected chi connectivity index (χ0v) is 15.8. The number of hydrogen-bond donors (Lipinski definition) is 1. The monoisotopic (exact) mass is 437 g/mol. The molecule has 3 rings (SSSR count). The van der Waals surface area contributed by atoms with Gasteiger partial charge in [0.25, 0.3) is 5.69 Å². The van der Waals surface area contributed by atoms with Gasteiger partial charge in [0.15, 0.2) is 0 Å². The Morgan fingerprint density at radius 3 is 2.74 bits per heavy atom. The molecule has 2 aromatic carbocycles. The van der Waals surface area contributed by atoms with E-state index in [1.165, 1.54) is 30.3 Å². The van der Waals surface area contributed by atoms with Gasteiger partial charge in [-0.3, -0.25) is 19.8 Å². The molecule has 1 aliphatic heterocycles. The summed E-state index contributed by atoms with van der Waals surface area (Å²) in [6.07, 6.45) is -0.224. The first-order valence-electron chi connectivity index (χ1n) is 8.25. The van der Waals surface area contributed by atoms with Crippen LogP contribution in [-0.2, 0) is 9.53 Å². The highest BCUT2D eigenvalue weighted by molar-refractivity contribution is 9.10. The lowest BCUT2D eigenvalue weighted by atomic mass is 10.1. The lowest BCUT2D eigenvalue weighted by molar-refractivity contribution is -0.384. The van der Waals surface area contributed by atoms with Crippen LogP contribution < -0.4 is 5.32 Å². The van der Waals surface area contributed by atoms with Gasteiger partial charge in [-0.1, -0.05) is 12.1 Å². The average molecular weight is 438 g/mol. The van der Waals surface area contributed by atoms with Crippen molar-refractivity contribution in [3.63, 3.8) is 0 Å².